The minimum absolute atomic E-state index is 0.00601. The molecule has 4 aromatic rings. The molecule has 174 valence electrons. The summed E-state index contributed by atoms with van der Waals surface area (Å²) in [4.78, 5) is 20.8. The minimum atomic E-state index is -0.575. The first-order valence-electron chi connectivity index (χ1n) is 10.8. The van der Waals surface area contributed by atoms with Gasteiger partial charge in [-0.3, -0.25) is 4.79 Å². The Labute approximate surface area is 205 Å². The zero-order valence-corrected chi connectivity index (χ0v) is 19.9. The molecule has 2 aromatic carbocycles. The van der Waals surface area contributed by atoms with Gasteiger partial charge in [-0.05, 0) is 30.7 Å². The maximum atomic E-state index is 15.2. The highest BCUT2D eigenvalue weighted by molar-refractivity contribution is 8.00. The van der Waals surface area contributed by atoms with Gasteiger partial charge in [0, 0.05) is 46.3 Å². The summed E-state index contributed by atoms with van der Waals surface area (Å²) in [5, 5.41) is 1.05. The van der Waals surface area contributed by atoms with Crippen molar-refractivity contribution in [2.75, 3.05) is 17.3 Å². The van der Waals surface area contributed by atoms with Crippen LogP contribution in [0.2, 0.25) is 5.02 Å². The summed E-state index contributed by atoms with van der Waals surface area (Å²) in [6.45, 7) is 2.24. The molecule has 0 saturated heterocycles. The number of halogens is 2. The number of benzene rings is 2. The van der Waals surface area contributed by atoms with Gasteiger partial charge in [0.05, 0.1) is 16.3 Å². The van der Waals surface area contributed by atoms with Gasteiger partial charge in [0.25, 0.3) is 0 Å². The molecule has 0 unspecified atom stereocenters. The minimum Gasteiger partial charge on any atom is -0.454 e. The number of H-pyrrole nitrogens is 1. The summed E-state index contributed by atoms with van der Waals surface area (Å²) in [6, 6.07) is 10.1. The van der Waals surface area contributed by atoms with Gasteiger partial charge in [-0.15, -0.1) is 0 Å². The van der Waals surface area contributed by atoms with E-state index in [-0.39, 0.29) is 18.0 Å². The molecule has 1 aliphatic rings. The van der Waals surface area contributed by atoms with Gasteiger partial charge in [0.15, 0.2) is 23.1 Å². The number of hydrogen-bond donors (Lipinski definition) is 2. The first kappa shape index (κ1) is 22.6. The van der Waals surface area contributed by atoms with Crippen molar-refractivity contribution >= 4 is 46.1 Å². The standard InChI is InChI=1S/C25H21ClFN3O3S/c1-2-3-7-34-30-20-6-4-5-15(23(20)27)24(31)18-12-29-25-17(18)8-14(11-28-25)16-9-21-22(10-19(16)26)33-13-32-21/h4-6,8-12,30H,2-3,7,13H2,1H3,(H,28,29). The third kappa shape index (κ3) is 4.19. The Bertz CT molecular complexity index is 1390. The predicted molar refractivity (Wildman–Crippen MR) is 133 cm³/mol. The lowest BCUT2D eigenvalue weighted by molar-refractivity contribution is 0.103. The van der Waals surface area contributed by atoms with Crippen molar-refractivity contribution in [3.8, 4) is 22.6 Å². The van der Waals surface area contributed by atoms with Gasteiger partial charge in [-0.2, -0.15) is 0 Å². The first-order chi connectivity index (χ1) is 16.6. The second-order valence-corrected chi connectivity index (χ2v) is 9.12. The average molecular weight is 498 g/mol. The smallest absolute Gasteiger partial charge is 0.231 e. The summed E-state index contributed by atoms with van der Waals surface area (Å²) < 4.78 is 29.0. The van der Waals surface area contributed by atoms with Crippen LogP contribution in [0.15, 0.2) is 48.8 Å². The number of nitrogens with zero attached hydrogens (tertiary/aromatic N) is 1. The predicted octanol–water partition coefficient (Wildman–Crippen LogP) is 6.84. The van der Waals surface area contributed by atoms with Crippen LogP contribution in [-0.4, -0.2) is 28.3 Å². The highest BCUT2D eigenvalue weighted by Crippen LogP contribution is 2.41. The van der Waals surface area contributed by atoms with E-state index in [1.165, 1.54) is 18.0 Å². The lowest BCUT2D eigenvalue weighted by atomic mass is 10.00. The van der Waals surface area contributed by atoms with Gasteiger partial charge in [-0.25, -0.2) is 9.37 Å². The van der Waals surface area contributed by atoms with Crippen LogP contribution >= 0.6 is 23.5 Å². The fourth-order valence-electron chi connectivity index (χ4n) is 3.75. The number of ketones is 1. The number of carbonyl (C=O) groups is 1. The van der Waals surface area contributed by atoms with E-state index in [0.717, 1.165) is 18.6 Å². The normalized spacial score (nSPS) is 12.3. The van der Waals surface area contributed by atoms with Crippen molar-refractivity contribution in [3.05, 3.63) is 70.8 Å². The van der Waals surface area contributed by atoms with E-state index in [0.29, 0.717) is 44.2 Å². The Morgan fingerprint density at radius 2 is 2.06 bits per heavy atom. The van der Waals surface area contributed by atoms with Gasteiger partial charge >= 0.3 is 0 Å². The number of unbranched alkanes of at least 4 members (excludes halogenated alkanes) is 1. The molecule has 6 nitrogen and oxygen atoms in total. The van der Waals surface area contributed by atoms with Crippen LogP contribution in [0, 0.1) is 5.82 Å². The maximum Gasteiger partial charge on any atom is 0.231 e. The lowest BCUT2D eigenvalue weighted by Crippen LogP contribution is -2.06. The molecule has 0 bridgehead atoms. The molecule has 0 saturated carbocycles. The zero-order chi connectivity index (χ0) is 23.7. The molecule has 1 aliphatic heterocycles. The van der Waals surface area contributed by atoms with Gasteiger partial charge in [0.2, 0.25) is 6.79 Å². The summed E-state index contributed by atoms with van der Waals surface area (Å²) in [7, 11) is 0. The summed E-state index contributed by atoms with van der Waals surface area (Å²) in [6.07, 6.45) is 5.30. The fraction of sp³-hybridized carbons (Fsp3) is 0.200. The van der Waals surface area contributed by atoms with E-state index in [2.05, 4.69) is 21.6 Å². The number of rotatable bonds is 8. The van der Waals surface area contributed by atoms with Crippen LogP contribution in [0.25, 0.3) is 22.2 Å². The molecular formula is C25H21ClFN3O3S. The Kier molecular flexibility index (Phi) is 6.34. The Balaban J connectivity index is 1.49. The molecule has 0 spiro atoms. The van der Waals surface area contributed by atoms with Crippen molar-refractivity contribution in [1.82, 2.24) is 9.97 Å². The van der Waals surface area contributed by atoms with Crippen molar-refractivity contribution in [1.29, 1.82) is 0 Å². The number of hydrogen-bond acceptors (Lipinski definition) is 6. The monoisotopic (exact) mass is 497 g/mol. The van der Waals surface area contributed by atoms with Crippen LogP contribution in [0.3, 0.4) is 0 Å². The van der Waals surface area contributed by atoms with Gasteiger partial charge in [0.1, 0.15) is 5.65 Å². The highest BCUT2D eigenvalue weighted by Gasteiger charge is 2.22. The summed E-state index contributed by atoms with van der Waals surface area (Å²) >= 11 is 7.89. The molecule has 0 radical (unpaired) electrons. The van der Waals surface area contributed by atoms with Crippen LogP contribution in [0.5, 0.6) is 11.5 Å². The summed E-state index contributed by atoms with van der Waals surface area (Å²) in [5.41, 5.74) is 2.53. The third-order valence-corrected chi connectivity index (χ3v) is 6.74. The Hall–Kier alpha value is -3.23. The first-order valence-corrected chi connectivity index (χ1v) is 12.2. The van der Waals surface area contributed by atoms with E-state index in [1.54, 1.807) is 36.7 Å². The topological polar surface area (TPSA) is 76.2 Å². The molecule has 0 atom stereocenters. The Morgan fingerprint density at radius 1 is 1.24 bits per heavy atom. The molecular weight excluding hydrogens is 477 g/mol. The Morgan fingerprint density at radius 3 is 2.88 bits per heavy atom. The number of fused-ring (bicyclic) bond motifs is 2. The van der Waals surface area contributed by atoms with Crippen molar-refractivity contribution in [2.45, 2.75) is 19.8 Å². The fourth-order valence-corrected chi connectivity index (χ4v) is 4.86. The van der Waals surface area contributed by atoms with Crippen LogP contribution < -0.4 is 14.2 Å². The van der Waals surface area contributed by atoms with Crippen LogP contribution in [0.4, 0.5) is 10.1 Å². The maximum absolute atomic E-state index is 15.2. The molecule has 0 amide bonds. The number of ether oxygens (including phenoxy) is 2. The van der Waals surface area contributed by atoms with Gasteiger partial charge in [-0.1, -0.05) is 43.0 Å². The number of carbonyl (C=O) groups excluding carboxylic acids is 1. The highest BCUT2D eigenvalue weighted by atomic mass is 35.5. The number of pyridine rings is 1. The van der Waals surface area contributed by atoms with E-state index < -0.39 is 11.6 Å². The van der Waals surface area contributed by atoms with Crippen molar-refractivity contribution in [3.63, 3.8) is 0 Å². The van der Waals surface area contributed by atoms with Gasteiger partial charge < -0.3 is 19.2 Å². The average Bonchev–Trinajstić information content (AvgIpc) is 3.48. The van der Waals surface area contributed by atoms with Crippen molar-refractivity contribution in [2.24, 2.45) is 0 Å². The second-order valence-electron chi connectivity index (χ2n) is 7.81. The zero-order valence-electron chi connectivity index (χ0n) is 18.3. The van der Waals surface area contributed by atoms with E-state index in [4.69, 9.17) is 21.1 Å². The lowest BCUT2D eigenvalue weighted by Gasteiger charge is -2.10. The number of anilines is 1. The van der Waals surface area contributed by atoms with Crippen molar-refractivity contribution < 1.29 is 18.7 Å². The van der Waals surface area contributed by atoms with E-state index in [1.807, 2.05) is 6.07 Å². The molecule has 2 N–H and O–H groups in total. The third-order valence-electron chi connectivity index (χ3n) is 5.57. The van der Waals surface area contributed by atoms with E-state index in [9.17, 15) is 4.79 Å². The molecule has 2 aromatic heterocycles. The second kappa shape index (κ2) is 9.56. The largest absolute Gasteiger partial charge is 0.454 e. The SMILES string of the molecule is CCCCSNc1cccc(C(=O)c2c[nH]c3ncc(-c4cc5c(cc4Cl)OCO5)cc23)c1F. The number of nitrogens with one attached hydrogen (secondary N) is 2. The number of aromatic nitrogens is 2. The summed E-state index contributed by atoms with van der Waals surface area (Å²) in [5.74, 6) is 1.02. The molecule has 3 heterocycles. The molecule has 9 heteroatoms. The van der Waals surface area contributed by atoms with E-state index >= 15 is 4.39 Å². The molecule has 0 aliphatic carbocycles. The quantitative estimate of drug-likeness (QED) is 0.158. The molecule has 5 rings (SSSR count). The molecule has 34 heavy (non-hydrogen) atoms. The van der Waals surface area contributed by atoms with Crippen LogP contribution in [-0.2, 0) is 0 Å². The molecule has 0 fully saturated rings. The number of aromatic amines is 1. The van der Waals surface area contributed by atoms with Crippen LogP contribution in [0.1, 0.15) is 35.7 Å².